The summed E-state index contributed by atoms with van der Waals surface area (Å²) < 4.78 is 17.2. The third-order valence-corrected chi connectivity index (χ3v) is 1.21. The molecule has 0 fully saturated rings. The molecule has 4 heteroatoms. The van der Waals surface area contributed by atoms with Crippen LogP contribution in [-0.4, -0.2) is 31.5 Å². The maximum atomic E-state index is 12.6. The highest BCUT2D eigenvalue weighted by Gasteiger charge is 2.06. The van der Waals surface area contributed by atoms with Crippen LogP contribution in [0.3, 0.4) is 0 Å². The fourth-order valence-electron chi connectivity index (χ4n) is 0.399. The molecule has 0 unspecified atom stereocenters. The lowest BCUT2D eigenvalue weighted by atomic mass is 10.4. The summed E-state index contributed by atoms with van der Waals surface area (Å²) in [6.07, 6.45) is 0. The minimum Gasteiger partial charge on any atom is -0.461 e. The predicted octanol–water partition coefficient (Wildman–Crippen LogP) is 1.31. The molecule has 0 bridgehead atoms. The number of carbonyl (C=O) groups is 1. The normalized spacial score (nSPS) is 9.08. The van der Waals surface area contributed by atoms with E-state index in [9.17, 15) is 9.18 Å². The van der Waals surface area contributed by atoms with Crippen LogP contribution in [-0.2, 0) is 9.53 Å². The zero-order chi connectivity index (χ0) is 9.72. The van der Waals surface area contributed by atoms with Gasteiger partial charge in [0.15, 0.2) is 6.61 Å². The van der Waals surface area contributed by atoms with Gasteiger partial charge in [0.25, 0.3) is 11.9 Å². The number of nitrogens with zero attached hydrogens (tertiary/aromatic N) is 1. The number of halogens is 1. The number of amides is 1. The van der Waals surface area contributed by atoms with E-state index >= 15 is 0 Å². The first-order chi connectivity index (χ1) is 5.45. The largest absolute Gasteiger partial charge is 0.461 e. The van der Waals surface area contributed by atoms with Gasteiger partial charge in [-0.25, -0.2) is 0 Å². The van der Waals surface area contributed by atoms with Crippen molar-refractivity contribution < 1.29 is 13.9 Å². The highest BCUT2D eigenvalue weighted by molar-refractivity contribution is 5.76. The van der Waals surface area contributed by atoms with Crippen LogP contribution in [0.5, 0.6) is 0 Å². The molecule has 0 aromatic rings. The van der Waals surface area contributed by atoms with Crippen molar-refractivity contribution in [1.82, 2.24) is 4.90 Å². The van der Waals surface area contributed by atoms with Crippen molar-refractivity contribution >= 4 is 5.91 Å². The van der Waals surface area contributed by atoms with Gasteiger partial charge in [-0.3, -0.25) is 4.79 Å². The van der Waals surface area contributed by atoms with Crippen molar-refractivity contribution in [3.63, 3.8) is 0 Å². The van der Waals surface area contributed by atoms with Crippen molar-refractivity contribution in [2.45, 2.75) is 13.8 Å². The van der Waals surface area contributed by atoms with Crippen molar-refractivity contribution in [2.24, 2.45) is 0 Å². The zero-order valence-corrected chi connectivity index (χ0v) is 7.85. The molecule has 0 atom stereocenters. The maximum absolute atomic E-state index is 12.6. The Bertz CT molecular complexity index is 195. The minimum absolute atomic E-state index is 0.246. The van der Waals surface area contributed by atoms with Gasteiger partial charge in [-0.15, -0.1) is 0 Å². The van der Waals surface area contributed by atoms with E-state index in [0.717, 1.165) is 0 Å². The topological polar surface area (TPSA) is 29.5 Å². The average Bonchev–Trinajstić information content (AvgIpc) is 1.98. The van der Waals surface area contributed by atoms with Gasteiger partial charge >= 0.3 is 0 Å². The molecule has 0 rings (SSSR count). The van der Waals surface area contributed by atoms with E-state index in [1.165, 1.54) is 4.90 Å². The molecule has 0 heterocycles. The second-order valence-electron chi connectivity index (χ2n) is 2.85. The summed E-state index contributed by atoms with van der Waals surface area (Å²) in [6, 6.07) is -0.676. The van der Waals surface area contributed by atoms with E-state index in [1.807, 2.05) is 0 Å². The van der Waals surface area contributed by atoms with Crippen molar-refractivity contribution in [1.29, 1.82) is 0 Å². The molecular formula is C8H14FNO2. The lowest BCUT2D eigenvalue weighted by molar-refractivity contribution is -0.133. The summed E-state index contributed by atoms with van der Waals surface area (Å²) in [5, 5.41) is 0. The summed E-state index contributed by atoms with van der Waals surface area (Å²) in [5.41, 5.74) is 0.432. The minimum atomic E-state index is -0.676. The molecule has 3 nitrogen and oxygen atoms in total. The SMILES string of the molecule is CC(C)=C(F)OCC(=O)N(C)C. The Hall–Kier alpha value is -1.06. The Balaban J connectivity index is 3.85. The van der Waals surface area contributed by atoms with Crippen LogP contribution in [0.4, 0.5) is 4.39 Å². The van der Waals surface area contributed by atoms with Gasteiger partial charge in [0.2, 0.25) is 0 Å². The summed E-state index contributed by atoms with van der Waals surface area (Å²) in [6.45, 7) is 2.91. The summed E-state index contributed by atoms with van der Waals surface area (Å²) in [5.74, 6) is -0.258. The molecule has 0 radical (unpaired) electrons. The molecule has 0 aliphatic rings. The van der Waals surface area contributed by atoms with Crippen LogP contribution >= 0.6 is 0 Å². The van der Waals surface area contributed by atoms with Crippen LogP contribution in [0.25, 0.3) is 0 Å². The van der Waals surface area contributed by atoms with Gasteiger partial charge in [0.05, 0.1) is 0 Å². The van der Waals surface area contributed by atoms with E-state index in [-0.39, 0.29) is 12.5 Å². The highest BCUT2D eigenvalue weighted by Crippen LogP contribution is 2.05. The molecule has 0 aromatic carbocycles. The smallest absolute Gasteiger partial charge is 0.271 e. The third kappa shape index (κ3) is 3.95. The number of carbonyl (C=O) groups excluding carboxylic acids is 1. The first kappa shape index (κ1) is 10.9. The molecule has 0 saturated carbocycles. The summed E-state index contributed by atoms with van der Waals surface area (Å²) in [7, 11) is 3.18. The van der Waals surface area contributed by atoms with Crippen LogP contribution < -0.4 is 0 Å². The van der Waals surface area contributed by atoms with Gasteiger partial charge in [-0.2, -0.15) is 4.39 Å². The monoisotopic (exact) mass is 175 g/mol. The van der Waals surface area contributed by atoms with Crippen LogP contribution in [0.15, 0.2) is 11.6 Å². The molecule has 0 aliphatic heterocycles. The molecule has 70 valence electrons. The number of allylic oxidation sites excluding steroid dienone is 1. The quantitative estimate of drug-likeness (QED) is 0.605. The van der Waals surface area contributed by atoms with Crippen LogP contribution in [0.2, 0.25) is 0 Å². The molecule has 0 saturated heterocycles. The Morgan fingerprint density at radius 3 is 2.25 bits per heavy atom. The van der Waals surface area contributed by atoms with Crippen LogP contribution in [0.1, 0.15) is 13.8 Å². The first-order valence-electron chi connectivity index (χ1n) is 3.61. The number of hydrogen-bond acceptors (Lipinski definition) is 2. The third-order valence-electron chi connectivity index (χ3n) is 1.21. The lowest BCUT2D eigenvalue weighted by Crippen LogP contribution is -2.25. The van der Waals surface area contributed by atoms with Crippen molar-refractivity contribution in [3.8, 4) is 0 Å². The van der Waals surface area contributed by atoms with Crippen LogP contribution in [0, 0.1) is 0 Å². The van der Waals surface area contributed by atoms with E-state index < -0.39 is 6.01 Å². The highest BCUT2D eigenvalue weighted by atomic mass is 19.1. The van der Waals surface area contributed by atoms with Gasteiger partial charge in [-0.05, 0) is 19.4 Å². The number of hydrogen-bond donors (Lipinski definition) is 0. The molecule has 12 heavy (non-hydrogen) atoms. The zero-order valence-electron chi connectivity index (χ0n) is 7.85. The van der Waals surface area contributed by atoms with Gasteiger partial charge < -0.3 is 9.64 Å². The summed E-state index contributed by atoms with van der Waals surface area (Å²) >= 11 is 0. The Morgan fingerprint density at radius 2 is 1.92 bits per heavy atom. The van der Waals surface area contributed by atoms with Gasteiger partial charge in [0.1, 0.15) is 0 Å². The van der Waals surface area contributed by atoms with Crippen molar-refractivity contribution in [3.05, 3.63) is 11.6 Å². The Labute approximate surface area is 71.8 Å². The molecule has 0 spiro atoms. The average molecular weight is 175 g/mol. The number of likely N-dealkylation sites (N-methyl/N-ethyl adjacent to an activating group) is 1. The fraction of sp³-hybridized carbons (Fsp3) is 0.625. The number of ether oxygens (including phenoxy) is 1. The second kappa shape index (κ2) is 4.74. The van der Waals surface area contributed by atoms with E-state index in [1.54, 1.807) is 27.9 Å². The van der Waals surface area contributed by atoms with Crippen molar-refractivity contribution in [2.75, 3.05) is 20.7 Å². The predicted molar refractivity (Wildman–Crippen MR) is 44.1 cm³/mol. The fourth-order valence-corrected chi connectivity index (χ4v) is 0.399. The standard InChI is InChI=1S/C8H14FNO2/c1-6(2)8(9)12-5-7(11)10(3)4/h5H2,1-4H3. The maximum Gasteiger partial charge on any atom is 0.271 e. The second-order valence-corrected chi connectivity index (χ2v) is 2.85. The summed E-state index contributed by atoms with van der Waals surface area (Å²) in [4.78, 5) is 12.2. The first-order valence-corrected chi connectivity index (χ1v) is 3.61. The molecule has 1 amide bonds. The Morgan fingerprint density at radius 1 is 1.42 bits per heavy atom. The molecule has 0 N–H and O–H groups in total. The number of rotatable bonds is 3. The molecule has 0 aliphatic carbocycles. The molecular weight excluding hydrogens is 161 g/mol. The lowest BCUT2D eigenvalue weighted by Gasteiger charge is -2.10. The van der Waals surface area contributed by atoms with Gasteiger partial charge in [-0.1, -0.05) is 0 Å². The van der Waals surface area contributed by atoms with E-state index in [2.05, 4.69) is 4.74 Å². The molecule has 0 aromatic heterocycles. The van der Waals surface area contributed by atoms with Gasteiger partial charge in [0, 0.05) is 14.1 Å². The van der Waals surface area contributed by atoms with E-state index in [0.29, 0.717) is 5.57 Å². The Kier molecular flexibility index (Phi) is 4.33. The van der Waals surface area contributed by atoms with E-state index in [4.69, 9.17) is 0 Å².